The highest BCUT2D eigenvalue weighted by atomic mass is 79.9. The maximum absolute atomic E-state index is 13.2. The highest BCUT2D eigenvalue weighted by Gasteiger charge is 2.19. The third-order valence-corrected chi connectivity index (χ3v) is 2.67. The maximum atomic E-state index is 13.2. The molecule has 2 rings (SSSR count). The molecule has 0 fully saturated rings. The van der Waals surface area contributed by atoms with Gasteiger partial charge in [-0.3, -0.25) is 4.98 Å². The predicted molar refractivity (Wildman–Crippen MR) is 49.5 cm³/mol. The van der Waals surface area contributed by atoms with Gasteiger partial charge in [0.1, 0.15) is 5.83 Å². The van der Waals surface area contributed by atoms with E-state index < -0.39 is 0 Å². The van der Waals surface area contributed by atoms with E-state index in [2.05, 4.69) is 20.9 Å². The topological polar surface area (TPSA) is 12.9 Å². The number of aryl methyl sites for hydroxylation is 1. The number of aromatic nitrogens is 1. The molecule has 0 saturated carbocycles. The van der Waals surface area contributed by atoms with Gasteiger partial charge in [0.2, 0.25) is 0 Å². The molecule has 0 aromatic carbocycles. The second-order valence-electron chi connectivity index (χ2n) is 2.80. The Bertz CT molecular complexity index is 371. The van der Waals surface area contributed by atoms with E-state index in [-0.39, 0.29) is 5.83 Å². The fourth-order valence-corrected chi connectivity index (χ4v) is 1.95. The summed E-state index contributed by atoms with van der Waals surface area (Å²) < 4.78 is 13.9. The zero-order chi connectivity index (χ0) is 8.72. The lowest BCUT2D eigenvalue weighted by atomic mass is 10.1. The molecule has 3 heteroatoms. The monoisotopic (exact) mass is 227 g/mol. The average molecular weight is 228 g/mol. The van der Waals surface area contributed by atoms with Gasteiger partial charge in [-0.2, -0.15) is 0 Å². The van der Waals surface area contributed by atoms with E-state index in [1.807, 2.05) is 6.92 Å². The van der Waals surface area contributed by atoms with Crippen molar-refractivity contribution in [3.63, 3.8) is 0 Å². The van der Waals surface area contributed by atoms with Crippen LogP contribution in [0.15, 0.2) is 16.7 Å². The second kappa shape index (κ2) is 2.66. The van der Waals surface area contributed by atoms with E-state index in [0.717, 1.165) is 15.7 Å². The minimum absolute atomic E-state index is 0.137. The van der Waals surface area contributed by atoms with Gasteiger partial charge in [-0.05, 0) is 40.9 Å². The van der Waals surface area contributed by atoms with Crippen molar-refractivity contribution in [2.75, 3.05) is 0 Å². The van der Waals surface area contributed by atoms with Crippen LogP contribution in [0.25, 0.3) is 5.83 Å². The molecule has 1 aromatic rings. The van der Waals surface area contributed by atoms with Crippen molar-refractivity contribution in [1.82, 2.24) is 4.98 Å². The summed E-state index contributed by atoms with van der Waals surface area (Å²) in [7, 11) is 0. The van der Waals surface area contributed by atoms with Crippen LogP contribution < -0.4 is 0 Å². The summed E-state index contributed by atoms with van der Waals surface area (Å²) in [6.45, 7) is 1.90. The maximum Gasteiger partial charge on any atom is 0.128 e. The van der Waals surface area contributed by atoms with Gasteiger partial charge in [0, 0.05) is 21.9 Å². The summed E-state index contributed by atoms with van der Waals surface area (Å²) in [5.41, 5.74) is 2.60. The standard InChI is InChI=1S/C9H7BrFN/c1-5-6-2-3-8(11)9(6)7(10)4-12-5/h3-4H,2H2,1H3. The lowest BCUT2D eigenvalue weighted by Gasteiger charge is -2.04. The van der Waals surface area contributed by atoms with Gasteiger partial charge in [0.15, 0.2) is 0 Å². The number of allylic oxidation sites excluding steroid dienone is 1. The average Bonchev–Trinajstić information content (AvgIpc) is 2.42. The van der Waals surface area contributed by atoms with Crippen LogP contribution in [0.2, 0.25) is 0 Å². The minimum atomic E-state index is -0.137. The highest BCUT2D eigenvalue weighted by Crippen LogP contribution is 2.34. The van der Waals surface area contributed by atoms with Gasteiger partial charge < -0.3 is 0 Å². The fraction of sp³-hybridized carbons (Fsp3) is 0.222. The predicted octanol–water partition coefficient (Wildman–Crippen LogP) is 3.02. The summed E-state index contributed by atoms with van der Waals surface area (Å²) in [6.07, 6.45) is 3.90. The fourth-order valence-electron chi connectivity index (χ4n) is 1.42. The normalized spacial score (nSPS) is 14.4. The molecule has 0 aliphatic heterocycles. The molecule has 12 heavy (non-hydrogen) atoms. The smallest absolute Gasteiger partial charge is 0.128 e. The van der Waals surface area contributed by atoms with Gasteiger partial charge >= 0.3 is 0 Å². The number of rotatable bonds is 0. The molecule has 62 valence electrons. The molecule has 1 nitrogen and oxygen atoms in total. The zero-order valence-corrected chi connectivity index (χ0v) is 8.15. The number of nitrogens with zero attached hydrogens (tertiary/aromatic N) is 1. The van der Waals surface area contributed by atoms with Crippen molar-refractivity contribution in [3.05, 3.63) is 33.6 Å². The number of pyridine rings is 1. The van der Waals surface area contributed by atoms with Crippen LogP contribution in [0.1, 0.15) is 16.8 Å². The summed E-state index contributed by atoms with van der Waals surface area (Å²) in [5.74, 6) is -0.137. The lowest BCUT2D eigenvalue weighted by molar-refractivity contribution is 0.761. The number of halogens is 2. The molecular formula is C9H7BrFN. The Hall–Kier alpha value is -0.700. The van der Waals surface area contributed by atoms with Crippen molar-refractivity contribution >= 4 is 21.8 Å². The Morgan fingerprint density at radius 3 is 3.00 bits per heavy atom. The Morgan fingerprint density at radius 1 is 1.58 bits per heavy atom. The quantitative estimate of drug-likeness (QED) is 0.665. The number of hydrogen-bond acceptors (Lipinski definition) is 1. The first-order valence-corrected chi connectivity index (χ1v) is 4.49. The van der Waals surface area contributed by atoms with Crippen LogP contribution in [0.3, 0.4) is 0 Å². The Kier molecular flexibility index (Phi) is 1.76. The molecule has 0 saturated heterocycles. The Morgan fingerprint density at radius 2 is 2.33 bits per heavy atom. The molecule has 0 spiro atoms. The largest absolute Gasteiger partial charge is 0.260 e. The van der Waals surface area contributed by atoms with Crippen molar-refractivity contribution in [1.29, 1.82) is 0 Å². The third-order valence-electron chi connectivity index (χ3n) is 2.07. The first-order valence-electron chi connectivity index (χ1n) is 3.70. The van der Waals surface area contributed by atoms with Crippen LogP contribution in [-0.4, -0.2) is 4.98 Å². The molecule has 1 aliphatic rings. The highest BCUT2D eigenvalue weighted by molar-refractivity contribution is 9.10. The molecule has 1 aromatic heterocycles. The van der Waals surface area contributed by atoms with Crippen molar-refractivity contribution < 1.29 is 4.39 Å². The van der Waals surface area contributed by atoms with Gasteiger partial charge in [-0.15, -0.1) is 0 Å². The van der Waals surface area contributed by atoms with Crippen LogP contribution in [0.5, 0.6) is 0 Å². The summed E-state index contributed by atoms with van der Waals surface area (Å²) in [4.78, 5) is 4.14. The van der Waals surface area contributed by atoms with Crippen molar-refractivity contribution in [2.24, 2.45) is 0 Å². The summed E-state index contributed by atoms with van der Waals surface area (Å²) >= 11 is 3.28. The zero-order valence-electron chi connectivity index (χ0n) is 6.56. The van der Waals surface area contributed by atoms with Crippen molar-refractivity contribution in [2.45, 2.75) is 13.3 Å². The van der Waals surface area contributed by atoms with Crippen LogP contribution >= 0.6 is 15.9 Å². The summed E-state index contributed by atoms with van der Waals surface area (Å²) in [6, 6.07) is 0. The van der Waals surface area contributed by atoms with Gasteiger partial charge in [-0.1, -0.05) is 0 Å². The number of hydrogen-bond donors (Lipinski definition) is 0. The van der Waals surface area contributed by atoms with E-state index in [1.54, 1.807) is 12.3 Å². The van der Waals surface area contributed by atoms with Gasteiger partial charge in [-0.25, -0.2) is 4.39 Å². The van der Waals surface area contributed by atoms with E-state index in [0.29, 0.717) is 12.0 Å². The van der Waals surface area contributed by atoms with E-state index >= 15 is 0 Å². The number of fused-ring (bicyclic) bond motifs is 1. The molecule has 1 heterocycles. The Labute approximate surface area is 78.4 Å². The molecule has 0 bridgehead atoms. The molecule has 1 aliphatic carbocycles. The molecule has 0 unspecified atom stereocenters. The van der Waals surface area contributed by atoms with Crippen LogP contribution in [0, 0.1) is 6.92 Å². The van der Waals surface area contributed by atoms with E-state index in [9.17, 15) is 4.39 Å². The molecule has 0 N–H and O–H groups in total. The van der Waals surface area contributed by atoms with Crippen molar-refractivity contribution in [3.8, 4) is 0 Å². The van der Waals surface area contributed by atoms with E-state index in [1.165, 1.54) is 0 Å². The lowest BCUT2D eigenvalue weighted by Crippen LogP contribution is -1.92. The molecule has 0 atom stereocenters. The van der Waals surface area contributed by atoms with Crippen LogP contribution in [0.4, 0.5) is 4.39 Å². The van der Waals surface area contributed by atoms with Gasteiger partial charge in [0.25, 0.3) is 0 Å². The van der Waals surface area contributed by atoms with Gasteiger partial charge in [0.05, 0.1) is 0 Å². The Balaban J connectivity index is 2.71. The molecule has 0 amide bonds. The third kappa shape index (κ3) is 1.00. The molecule has 0 radical (unpaired) electrons. The molecular weight excluding hydrogens is 221 g/mol. The minimum Gasteiger partial charge on any atom is -0.260 e. The van der Waals surface area contributed by atoms with Crippen LogP contribution in [-0.2, 0) is 6.42 Å². The first kappa shape index (κ1) is 7.92. The SMILES string of the molecule is Cc1ncc(Br)c2c1CC=C2F. The first-order chi connectivity index (χ1) is 5.70. The summed E-state index contributed by atoms with van der Waals surface area (Å²) in [5, 5.41) is 0. The van der Waals surface area contributed by atoms with E-state index in [4.69, 9.17) is 0 Å². The second-order valence-corrected chi connectivity index (χ2v) is 3.66.